The summed E-state index contributed by atoms with van der Waals surface area (Å²) in [6.07, 6.45) is -4.37. The molecule has 0 bridgehead atoms. The predicted molar refractivity (Wildman–Crippen MR) is 104 cm³/mol. The summed E-state index contributed by atoms with van der Waals surface area (Å²) in [6.45, 7) is 3.44. The van der Waals surface area contributed by atoms with E-state index in [2.05, 4.69) is 10.1 Å². The molecule has 0 radical (unpaired) electrons. The predicted octanol–water partition coefficient (Wildman–Crippen LogP) is 4.50. The van der Waals surface area contributed by atoms with Gasteiger partial charge in [0.25, 0.3) is 11.8 Å². The minimum absolute atomic E-state index is 0.116. The van der Waals surface area contributed by atoms with E-state index in [1.807, 2.05) is 13.8 Å². The van der Waals surface area contributed by atoms with Crippen LogP contribution in [0.15, 0.2) is 48.5 Å². The lowest BCUT2D eigenvalue weighted by atomic mass is 10.1. The summed E-state index contributed by atoms with van der Waals surface area (Å²) in [6, 6.07) is 12.7. The average molecular weight is 408 g/mol. The topological polar surface area (TPSA) is 58.6 Å². The zero-order valence-corrected chi connectivity index (χ0v) is 16.3. The summed E-state index contributed by atoms with van der Waals surface area (Å²) in [7, 11) is 0. The van der Waals surface area contributed by atoms with E-state index in [1.165, 1.54) is 24.3 Å². The van der Waals surface area contributed by atoms with Gasteiger partial charge in [-0.1, -0.05) is 18.2 Å². The maximum atomic E-state index is 12.4. The van der Waals surface area contributed by atoms with Crippen molar-refractivity contribution >= 4 is 17.5 Å². The van der Waals surface area contributed by atoms with Crippen molar-refractivity contribution in [3.05, 3.63) is 65.2 Å². The van der Waals surface area contributed by atoms with Gasteiger partial charge in [-0.25, -0.2) is 0 Å². The maximum Gasteiger partial charge on any atom is 0.411 e. The van der Waals surface area contributed by atoms with Gasteiger partial charge < -0.3 is 15.0 Å². The Bertz CT molecular complexity index is 832. The lowest BCUT2D eigenvalue weighted by Crippen LogP contribution is -2.30. The normalized spacial score (nSPS) is 11.2. The van der Waals surface area contributed by atoms with Crippen LogP contribution in [0.4, 0.5) is 18.9 Å². The maximum absolute atomic E-state index is 12.4. The molecular formula is C21H23F3N2O3. The summed E-state index contributed by atoms with van der Waals surface area (Å²) >= 11 is 0. The molecule has 0 unspecified atom stereocenters. The van der Waals surface area contributed by atoms with E-state index in [4.69, 9.17) is 0 Å². The van der Waals surface area contributed by atoms with Crippen LogP contribution in [-0.4, -0.2) is 42.6 Å². The molecule has 2 amide bonds. The molecule has 8 heteroatoms. The van der Waals surface area contributed by atoms with E-state index in [-0.39, 0.29) is 18.4 Å². The highest BCUT2D eigenvalue weighted by Crippen LogP contribution is 2.17. The van der Waals surface area contributed by atoms with Gasteiger partial charge in [-0.3, -0.25) is 9.59 Å². The Morgan fingerprint density at radius 1 is 1.00 bits per heavy atom. The Kier molecular flexibility index (Phi) is 7.78. The van der Waals surface area contributed by atoms with Crippen molar-refractivity contribution in [2.24, 2.45) is 0 Å². The Balaban J connectivity index is 1.99. The molecule has 5 nitrogen and oxygen atoms in total. The van der Waals surface area contributed by atoms with E-state index in [9.17, 15) is 22.8 Å². The van der Waals surface area contributed by atoms with Gasteiger partial charge in [-0.15, -0.1) is 0 Å². The van der Waals surface area contributed by atoms with Crippen LogP contribution in [0.25, 0.3) is 0 Å². The molecule has 0 saturated heterocycles. The second-order valence-electron chi connectivity index (χ2n) is 6.32. The zero-order valence-electron chi connectivity index (χ0n) is 16.3. The van der Waals surface area contributed by atoms with Gasteiger partial charge in [0, 0.05) is 29.9 Å². The van der Waals surface area contributed by atoms with Crippen molar-refractivity contribution in [2.75, 3.05) is 25.0 Å². The number of carbonyl (C=O) groups excluding carboxylic acids is 2. The summed E-state index contributed by atoms with van der Waals surface area (Å²) in [4.78, 5) is 26.5. The van der Waals surface area contributed by atoms with Crippen LogP contribution in [0.2, 0.25) is 0 Å². The molecule has 2 aromatic rings. The summed E-state index contributed by atoms with van der Waals surface area (Å²) in [5.74, 6) is -0.505. The molecule has 0 atom stereocenters. The number of carbonyl (C=O) groups is 2. The fourth-order valence-electron chi connectivity index (χ4n) is 2.66. The van der Waals surface area contributed by atoms with Crippen molar-refractivity contribution in [2.45, 2.75) is 26.6 Å². The smallest absolute Gasteiger partial charge is 0.367 e. The van der Waals surface area contributed by atoms with Gasteiger partial charge >= 0.3 is 6.18 Å². The van der Waals surface area contributed by atoms with E-state index in [1.54, 1.807) is 29.2 Å². The Morgan fingerprint density at radius 2 is 1.66 bits per heavy atom. The first kappa shape index (κ1) is 22.4. The van der Waals surface area contributed by atoms with Gasteiger partial charge in [0.05, 0.1) is 6.61 Å². The Morgan fingerprint density at radius 3 is 2.24 bits per heavy atom. The average Bonchev–Trinajstić information content (AvgIpc) is 2.68. The first-order valence-corrected chi connectivity index (χ1v) is 9.17. The third-order valence-electron chi connectivity index (χ3n) is 4.17. The molecule has 0 aliphatic carbocycles. The molecule has 2 rings (SSSR count). The molecule has 0 spiro atoms. The van der Waals surface area contributed by atoms with Crippen LogP contribution >= 0.6 is 0 Å². The number of hydrogen-bond donors (Lipinski definition) is 1. The summed E-state index contributed by atoms with van der Waals surface area (Å²) < 4.78 is 40.9. The van der Waals surface area contributed by atoms with Gasteiger partial charge in [-0.2, -0.15) is 13.2 Å². The highest BCUT2D eigenvalue weighted by molar-refractivity contribution is 6.05. The van der Waals surface area contributed by atoms with Crippen LogP contribution < -0.4 is 5.32 Å². The lowest BCUT2D eigenvalue weighted by molar-refractivity contribution is -0.176. The molecular weight excluding hydrogens is 385 g/mol. The molecule has 29 heavy (non-hydrogen) atoms. The number of rotatable bonds is 8. The number of hydrogen-bond acceptors (Lipinski definition) is 3. The fraction of sp³-hybridized carbons (Fsp3) is 0.333. The molecule has 0 aromatic heterocycles. The van der Waals surface area contributed by atoms with Crippen molar-refractivity contribution in [3.8, 4) is 0 Å². The summed E-state index contributed by atoms with van der Waals surface area (Å²) in [5, 5.41) is 2.72. The number of anilines is 1. The van der Waals surface area contributed by atoms with Crippen LogP contribution in [0.5, 0.6) is 0 Å². The van der Waals surface area contributed by atoms with Crippen LogP contribution in [0.3, 0.4) is 0 Å². The van der Waals surface area contributed by atoms with E-state index in [0.717, 1.165) is 0 Å². The van der Waals surface area contributed by atoms with E-state index < -0.39 is 12.8 Å². The fourth-order valence-corrected chi connectivity index (χ4v) is 2.66. The Hall–Kier alpha value is -2.87. The van der Waals surface area contributed by atoms with Crippen LogP contribution in [-0.2, 0) is 11.3 Å². The minimum atomic E-state index is -4.37. The minimum Gasteiger partial charge on any atom is -0.367 e. The molecule has 0 aliphatic heterocycles. The van der Waals surface area contributed by atoms with Crippen molar-refractivity contribution in [1.29, 1.82) is 0 Å². The zero-order chi connectivity index (χ0) is 21.4. The van der Waals surface area contributed by atoms with Gasteiger partial charge in [0.15, 0.2) is 0 Å². The number of ether oxygens (including phenoxy) is 1. The number of alkyl halides is 3. The second-order valence-corrected chi connectivity index (χ2v) is 6.32. The number of amides is 2. The molecule has 1 N–H and O–H groups in total. The highest BCUT2D eigenvalue weighted by atomic mass is 19.4. The number of halogens is 3. The van der Waals surface area contributed by atoms with Crippen molar-refractivity contribution < 1.29 is 27.5 Å². The van der Waals surface area contributed by atoms with Crippen LogP contribution in [0.1, 0.15) is 40.1 Å². The quantitative estimate of drug-likeness (QED) is 0.700. The molecule has 0 fully saturated rings. The largest absolute Gasteiger partial charge is 0.411 e. The van der Waals surface area contributed by atoms with Crippen molar-refractivity contribution in [1.82, 2.24) is 4.90 Å². The highest BCUT2D eigenvalue weighted by Gasteiger charge is 2.27. The molecule has 156 valence electrons. The first-order valence-electron chi connectivity index (χ1n) is 9.17. The van der Waals surface area contributed by atoms with Gasteiger partial charge in [0.1, 0.15) is 6.61 Å². The standard InChI is InChI=1S/C21H23F3N2O3/c1-3-26(4-2)20(28)17-6-5-7-18(12-17)25-19(27)16-10-8-15(9-11-16)13-29-14-21(22,23)24/h5-12H,3-4,13-14H2,1-2H3,(H,25,27). The Labute approximate surface area is 167 Å². The monoisotopic (exact) mass is 408 g/mol. The van der Waals surface area contributed by atoms with Crippen molar-refractivity contribution in [3.63, 3.8) is 0 Å². The third-order valence-corrected chi connectivity index (χ3v) is 4.17. The molecule has 0 heterocycles. The molecule has 0 aliphatic rings. The number of nitrogens with zero attached hydrogens (tertiary/aromatic N) is 1. The SMILES string of the molecule is CCN(CC)C(=O)c1cccc(NC(=O)c2ccc(COCC(F)(F)F)cc2)c1. The van der Waals surface area contributed by atoms with E-state index >= 15 is 0 Å². The second kappa shape index (κ2) is 10.1. The van der Waals surface area contributed by atoms with E-state index in [0.29, 0.717) is 35.5 Å². The van der Waals surface area contributed by atoms with Gasteiger partial charge in [-0.05, 0) is 49.7 Å². The number of benzene rings is 2. The lowest BCUT2D eigenvalue weighted by Gasteiger charge is -2.19. The third kappa shape index (κ3) is 6.90. The molecule has 2 aromatic carbocycles. The van der Waals surface area contributed by atoms with Gasteiger partial charge in [0.2, 0.25) is 0 Å². The summed E-state index contributed by atoms with van der Waals surface area (Å²) in [5.41, 5.74) is 1.82. The number of nitrogens with one attached hydrogen (secondary N) is 1. The van der Waals surface area contributed by atoms with Crippen LogP contribution in [0, 0.1) is 0 Å². The molecule has 0 saturated carbocycles. The first-order chi connectivity index (χ1) is 13.7.